The van der Waals surface area contributed by atoms with Gasteiger partial charge in [0, 0.05) is 25.3 Å². The molecule has 1 aromatic heterocycles. The summed E-state index contributed by atoms with van der Waals surface area (Å²) in [5, 5.41) is 3.25. The zero-order chi connectivity index (χ0) is 17.0. The highest BCUT2D eigenvalue weighted by Crippen LogP contribution is 2.21. The predicted octanol–water partition coefficient (Wildman–Crippen LogP) is 3.18. The van der Waals surface area contributed by atoms with E-state index < -0.39 is 10.0 Å². The Bertz CT molecular complexity index is 782. The standard InChI is InChI=1S/C18H23N3O2S/c1-15-6-5-7-18(20-15)19-14-16-8-10-17(11-9-16)24(22,23)21-12-3-2-4-13-21/h5-11H,2-4,12-14H2,1H3,(H,19,20). The van der Waals surface area contributed by atoms with Crippen LogP contribution in [-0.4, -0.2) is 30.8 Å². The average Bonchev–Trinajstić information content (AvgIpc) is 2.61. The van der Waals surface area contributed by atoms with Crippen LogP contribution in [-0.2, 0) is 16.6 Å². The third kappa shape index (κ3) is 3.94. The van der Waals surface area contributed by atoms with Gasteiger partial charge < -0.3 is 5.32 Å². The largest absolute Gasteiger partial charge is 0.366 e. The number of anilines is 1. The van der Waals surface area contributed by atoms with Gasteiger partial charge in [0.25, 0.3) is 0 Å². The van der Waals surface area contributed by atoms with E-state index in [2.05, 4.69) is 10.3 Å². The number of nitrogens with one attached hydrogen (secondary N) is 1. The van der Waals surface area contributed by atoms with Crippen LogP contribution < -0.4 is 5.32 Å². The lowest BCUT2D eigenvalue weighted by atomic mass is 10.2. The van der Waals surface area contributed by atoms with Gasteiger partial charge in [0.1, 0.15) is 5.82 Å². The fourth-order valence-corrected chi connectivity index (χ4v) is 4.38. The molecule has 1 aliphatic heterocycles. The Morgan fingerprint density at radius 3 is 2.42 bits per heavy atom. The first-order valence-corrected chi connectivity index (χ1v) is 9.76. The summed E-state index contributed by atoms with van der Waals surface area (Å²) in [6.45, 7) is 3.82. The molecule has 0 radical (unpaired) electrons. The molecule has 0 bridgehead atoms. The first-order valence-electron chi connectivity index (χ1n) is 8.32. The molecule has 6 heteroatoms. The normalized spacial score (nSPS) is 16.0. The maximum atomic E-state index is 12.6. The molecule has 0 aliphatic carbocycles. The second-order valence-corrected chi connectivity index (χ2v) is 8.06. The number of aryl methyl sites for hydroxylation is 1. The van der Waals surface area contributed by atoms with Gasteiger partial charge in [-0.25, -0.2) is 13.4 Å². The molecule has 0 saturated carbocycles. The number of hydrogen-bond donors (Lipinski definition) is 1. The summed E-state index contributed by atoms with van der Waals surface area (Å²) in [5.74, 6) is 0.819. The third-order valence-corrected chi connectivity index (χ3v) is 6.15. The van der Waals surface area contributed by atoms with Crippen molar-refractivity contribution in [1.82, 2.24) is 9.29 Å². The second-order valence-electron chi connectivity index (χ2n) is 6.13. The Morgan fingerprint density at radius 1 is 1.04 bits per heavy atom. The molecule has 3 rings (SSSR count). The number of piperidine rings is 1. The molecule has 128 valence electrons. The molecule has 0 spiro atoms. The fraction of sp³-hybridized carbons (Fsp3) is 0.389. The van der Waals surface area contributed by atoms with Crippen LogP contribution >= 0.6 is 0 Å². The van der Waals surface area contributed by atoms with Crippen molar-refractivity contribution in [2.75, 3.05) is 18.4 Å². The van der Waals surface area contributed by atoms with Crippen molar-refractivity contribution in [2.24, 2.45) is 0 Å². The van der Waals surface area contributed by atoms with E-state index in [1.807, 2.05) is 37.3 Å². The maximum absolute atomic E-state index is 12.6. The van der Waals surface area contributed by atoms with Gasteiger partial charge >= 0.3 is 0 Å². The molecule has 1 saturated heterocycles. The summed E-state index contributed by atoms with van der Waals surface area (Å²) >= 11 is 0. The van der Waals surface area contributed by atoms with Crippen molar-refractivity contribution >= 4 is 15.8 Å². The Balaban J connectivity index is 1.66. The first kappa shape index (κ1) is 16.9. The van der Waals surface area contributed by atoms with Crippen LogP contribution in [0, 0.1) is 6.92 Å². The van der Waals surface area contributed by atoms with Gasteiger partial charge in [0.2, 0.25) is 10.0 Å². The van der Waals surface area contributed by atoms with Crippen LogP contribution in [0.5, 0.6) is 0 Å². The van der Waals surface area contributed by atoms with Crippen molar-refractivity contribution in [2.45, 2.75) is 37.6 Å². The van der Waals surface area contributed by atoms with Gasteiger partial charge in [0.05, 0.1) is 4.90 Å². The minimum absolute atomic E-state index is 0.377. The van der Waals surface area contributed by atoms with E-state index in [-0.39, 0.29) is 0 Å². The maximum Gasteiger partial charge on any atom is 0.243 e. The van der Waals surface area contributed by atoms with Crippen LogP contribution in [0.4, 0.5) is 5.82 Å². The van der Waals surface area contributed by atoms with E-state index in [4.69, 9.17) is 0 Å². The Kier molecular flexibility index (Phi) is 5.16. The highest BCUT2D eigenvalue weighted by Gasteiger charge is 2.25. The van der Waals surface area contributed by atoms with Gasteiger partial charge in [-0.05, 0) is 49.6 Å². The van der Waals surface area contributed by atoms with E-state index >= 15 is 0 Å². The SMILES string of the molecule is Cc1cccc(NCc2ccc(S(=O)(=O)N3CCCCC3)cc2)n1. The van der Waals surface area contributed by atoms with E-state index in [1.54, 1.807) is 16.4 Å². The zero-order valence-electron chi connectivity index (χ0n) is 13.9. The lowest BCUT2D eigenvalue weighted by molar-refractivity contribution is 0.346. The molecule has 1 aromatic carbocycles. The van der Waals surface area contributed by atoms with Crippen LogP contribution in [0.3, 0.4) is 0 Å². The quantitative estimate of drug-likeness (QED) is 0.904. The Hall–Kier alpha value is -1.92. The zero-order valence-corrected chi connectivity index (χ0v) is 14.7. The smallest absolute Gasteiger partial charge is 0.243 e. The molecule has 2 aromatic rings. The topological polar surface area (TPSA) is 62.3 Å². The number of pyridine rings is 1. The highest BCUT2D eigenvalue weighted by atomic mass is 32.2. The van der Waals surface area contributed by atoms with Crippen LogP contribution in [0.15, 0.2) is 47.4 Å². The van der Waals surface area contributed by atoms with Gasteiger partial charge in [-0.1, -0.05) is 24.6 Å². The lowest BCUT2D eigenvalue weighted by Crippen LogP contribution is -2.35. The van der Waals surface area contributed by atoms with Crippen molar-refractivity contribution in [3.8, 4) is 0 Å². The number of nitrogens with zero attached hydrogens (tertiary/aromatic N) is 2. The highest BCUT2D eigenvalue weighted by molar-refractivity contribution is 7.89. The molecule has 24 heavy (non-hydrogen) atoms. The molecule has 1 aliphatic rings. The van der Waals surface area contributed by atoms with Crippen molar-refractivity contribution < 1.29 is 8.42 Å². The number of sulfonamides is 1. The number of aromatic nitrogens is 1. The van der Waals surface area contributed by atoms with Crippen LogP contribution in [0.1, 0.15) is 30.5 Å². The number of benzene rings is 1. The van der Waals surface area contributed by atoms with Gasteiger partial charge in [-0.2, -0.15) is 4.31 Å². The van der Waals surface area contributed by atoms with Crippen molar-refractivity contribution in [3.05, 3.63) is 53.7 Å². The van der Waals surface area contributed by atoms with E-state index in [0.717, 1.165) is 36.3 Å². The summed E-state index contributed by atoms with van der Waals surface area (Å²) in [6, 6.07) is 12.9. The number of rotatable bonds is 5. The summed E-state index contributed by atoms with van der Waals surface area (Å²) in [4.78, 5) is 4.77. The minimum atomic E-state index is -3.35. The molecule has 5 nitrogen and oxygen atoms in total. The third-order valence-electron chi connectivity index (χ3n) is 4.24. The van der Waals surface area contributed by atoms with Gasteiger partial charge in [-0.15, -0.1) is 0 Å². The van der Waals surface area contributed by atoms with Crippen molar-refractivity contribution in [1.29, 1.82) is 0 Å². The van der Waals surface area contributed by atoms with E-state index in [0.29, 0.717) is 24.5 Å². The average molecular weight is 345 g/mol. The summed E-state index contributed by atoms with van der Waals surface area (Å²) in [6.07, 6.45) is 3.01. The molecule has 0 unspecified atom stereocenters. The molecule has 0 atom stereocenters. The Morgan fingerprint density at radius 2 is 1.75 bits per heavy atom. The molecule has 1 N–H and O–H groups in total. The van der Waals surface area contributed by atoms with Gasteiger partial charge in [-0.3, -0.25) is 0 Å². The van der Waals surface area contributed by atoms with Crippen LogP contribution in [0.2, 0.25) is 0 Å². The molecular weight excluding hydrogens is 322 g/mol. The summed E-state index contributed by atoms with van der Waals surface area (Å²) in [7, 11) is -3.35. The van der Waals surface area contributed by atoms with Gasteiger partial charge in [0.15, 0.2) is 0 Å². The molecule has 1 fully saturated rings. The first-order chi connectivity index (χ1) is 11.6. The van der Waals surface area contributed by atoms with Crippen molar-refractivity contribution in [3.63, 3.8) is 0 Å². The number of hydrogen-bond acceptors (Lipinski definition) is 4. The summed E-state index contributed by atoms with van der Waals surface area (Å²) in [5.41, 5.74) is 1.99. The van der Waals surface area contributed by atoms with Crippen LogP contribution in [0.25, 0.3) is 0 Å². The molecular formula is C18H23N3O2S. The van der Waals surface area contributed by atoms with E-state index in [9.17, 15) is 8.42 Å². The fourth-order valence-electron chi connectivity index (χ4n) is 2.87. The lowest BCUT2D eigenvalue weighted by Gasteiger charge is -2.25. The second kappa shape index (κ2) is 7.32. The minimum Gasteiger partial charge on any atom is -0.366 e. The molecule has 2 heterocycles. The molecule has 0 amide bonds. The predicted molar refractivity (Wildman–Crippen MR) is 95.4 cm³/mol. The Labute approximate surface area is 143 Å². The summed E-state index contributed by atoms with van der Waals surface area (Å²) < 4.78 is 26.8. The van der Waals surface area contributed by atoms with E-state index in [1.165, 1.54) is 0 Å². The monoisotopic (exact) mass is 345 g/mol.